The van der Waals surface area contributed by atoms with Crippen molar-refractivity contribution in [1.29, 1.82) is 0 Å². The first-order valence-corrected chi connectivity index (χ1v) is 21.1. The van der Waals surface area contributed by atoms with Crippen molar-refractivity contribution in [2.75, 3.05) is 26.4 Å². The van der Waals surface area contributed by atoms with Gasteiger partial charge in [0.2, 0.25) is 0 Å². The van der Waals surface area contributed by atoms with Gasteiger partial charge in [-0.25, -0.2) is 0 Å². The van der Waals surface area contributed by atoms with Crippen molar-refractivity contribution in [1.82, 2.24) is 0 Å². The van der Waals surface area contributed by atoms with Gasteiger partial charge in [-0.05, 0) is 12.8 Å². The van der Waals surface area contributed by atoms with Gasteiger partial charge >= 0.3 is 0 Å². The van der Waals surface area contributed by atoms with Crippen LogP contribution in [-0.2, 0) is 4.74 Å². The highest BCUT2D eigenvalue weighted by molar-refractivity contribution is 4.51. The Morgan fingerprint density at radius 3 is 0.509 bits per heavy atom. The molecule has 0 aliphatic carbocycles. The van der Waals surface area contributed by atoms with Gasteiger partial charge in [-0.15, -0.1) is 105 Å². The first kappa shape index (κ1) is 75.7. The third kappa shape index (κ3) is 137. The first-order chi connectivity index (χ1) is 26.3. The molecule has 0 saturated carbocycles. The molecule has 0 amide bonds. The number of aliphatic hydroxyl groups excluding tert-OH is 2. The van der Waals surface area contributed by atoms with Gasteiger partial charge in [0.15, 0.2) is 0 Å². The Hall–Kier alpha value is -2.20. The standard InChI is InChI=1S/C32H66O.C2H6O2.8C2H4/c1-3-5-7-9-11-13-15-17-19-21-23-25-27-29-31-33-32-30-28-26-24-22-20-18-16-14-12-10-8-6-4-2;3-1-2-4;8*1-2/h3-32H2,1-2H3;3-4H,1-2H2;8*1-2H2. The smallest absolute Gasteiger partial charge is 0.0662 e. The zero-order chi connectivity index (χ0) is 43.3. The van der Waals surface area contributed by atoms with Crippen molar-refractivity contribution >= 4 is 0 Å². The summed E-state index contributed by atoms with van der Waals surface area (Å²) in [5.74, 6) is 0. The van der Waals surface area contributed by atoms with Crippen LogP contribution < -0.4 is 0 Å². The molecule has 3 nitrogen and oxygen atoms in total. The van der Waals surface area contributed by atoms with E-state index in [0.29, 0.717) is 0 Å². The molecule has 0 atom stereocenters. The fraction of sp³-hybridized carbons (Fsp3) is 0.680. The summed E-state index contributed by atoms with van der Waals surface area (Å²) < 4.78 is 5.85. The molecule has 0 radical (unpaired) electrons. The highest BCUT2D eigenvalue weighted by Crippen LogP contribution is 2.14. The van der Waals surface area contributed by atoms with Crippen LogP contribution in [0.1, 0.15) is 194 Å². The van der Waals surface area contributed by atoms with E-state index in [1.54, 1.807) is 0 Å². The van der Waals surface area contributed by atoms with E-state index in [-0.39, 0.29) is 13.2 Å². The predicted molar refractivity (Wildman–Crippen MR) is 256 cm³/mol. The molecule has 0 bridgehead atoms. The summed E-state index contributed by atoms with van der Waals surface area (Å²) in [5, 5.41) is 15.2. The Balaban J connectivity index is -0.0000000977. The number of ether oxygens (including phenoxy) is 1. The minimum atomic E-state index is -0.125. The molecule has 0 rings (SSSR count). The van der Waals surface area contributed by atoms with E-state index < -0.39 is 0 Å². The summed E-state index contributed by atoms with van der Waals surface area (Å²) in [6, 6.07) is 0. The van der Waals surface area contributed by atoms with E-state index in [9.17, 15) is 0 Å². The van der Waals surface area contributed by atoms with Gasteiger partial charge in [0.25, 0.3) is 0 Å². The zero-order valence-corrected chi connectivity index (χ0v) is 37.2. The second-order valence-corrected chi connectivity index (χ2v) is 11.3. The van der Waals surface area contributed by atoms with Crippen LogP contribution in [-0.4, -0.2) is 36.6 Å². The van der Waals surface area contributed by atoms with E-state index >= 15 is 0 Å². The van der Waals surface area contributed by atoms with Crippen molar-refractivity contribution in [3.63, 3.8) is 0 Å². The van der Waals surface area contributed by atoms with E-state index in [1.807, 2.05) is 0 Å². The van der Waals surface area contributed by atoms with Crippen molar-refractivity contribution in [2.24, 2.45) is 0 Å². The zero-order valence-electron chi connectivity index (χ0n) is 37.2. The average molecular weight is 753 g/mol. The van der Waals surface area contributed by atoms with Crippen LogP contribution in [0.2, 0.25) is 0 Å². The van der Waals surface area contributed by atoms with Crippen LogP contribution in [0.5, 0.6) is 0 Å². The lowest BCUT2D eigenvalue weighted by atomic mass is 10.0. The van der Waals surface area contributed by atoms with Crippen LogP contribution in [0.15, 0.2) is 105 Å². The molecule has 0 spiro atoms. The summed E-state index contributed by atoms with van der Waals surface area (Å²) in [6.07, 6.45) is 40.1. The van der Waals surface area contributed by atoms with Gasteiger partial charge in [-0.1, -0.05) is 181 Å². The van der Waals surface area contributed by atoms with Crippen molar-refractivity contribution in [2.45, 2.75) is 194 Å². The average Bonchev–Trinajstić information content (AvgIpc) is 3.26. The Morgan fingerprint density at radius 1 is 0.245 bits per heavy atom. The second kappa shape index (κ2) is 125. The van der Waals surface area contributed by atoms with E-state index in [2.05, 4.69) is 119 Å². The fourth-order valence-electron chi connectivity index (χ4n) is 4.90. The Bertz CT molecular complexity index is 400. The summed E-state index contributed by atoms with van der Waals surface area (Å²) >= 11 is 0. The third-order valence-electron chi connectivity index (χ3n) is 7.38. The monoisotopic (exact) mass is 753 g/mol. The summed E-state index contributed by atoms with van der Waals surface area (Å²) in [6.45, 7) is 54.3. The Kier molecular flexibility index (Phi) is 179. The van der Waals surface area contributed by atoms with E-state index in [1.165, 1.54) is 180 Å². The Labute approximate surface area is 339 Å². The van der Waals surface area contributed by atoms with Gasteiger partial charge in [0.05, 0.1) is 13.2 Å². The molecule has 0 aliphatic heterocycles. The van der Waals surface area contributed by atoms with Gasteiger partial charge in [0, 0.05) is 13.2 Å². The first-order valence-electron chi connectivity index (χ1n) is 21.1. The lowest BCUT2D eigenvalue weighted by molar-refractivity contribution is 0.125. The topological polar surface area (TPSA) is 49.7 Å². The molecule has 322 valence electrons. The summed E-state index contributed by atoms with van der Waals surface area (Å²) in [5.41, 5.74) is 0. The quantitative estimate of drug-likeness (QED) is 0.0548. The van der Waals surface area contributed by atoms with Crippen LogP contribution >= 0.6 is 0 Å². The maximum atomic E-state index is 7.62. The highest BCUT2D eigenvalue weighted by Gasteiger charge is 1.96. The van der Waals surface area contributed by atoms with Gasteiger partial charge in [0.1, 0.15) is 0 Å². The number of hydrogen-bond donors (Lipinski definition) is 2. The molecular weight excluding hydrogens is 649 g/mol. The predicted octanol–water partition coefficient (Wildman–Crippen LogP) is 17.4. The maximum Gasteiger partial charge on any atom is 0.0662 e. The van der Waals surface area contributed by atoms with Crippen LogP contribution in [0.25, 0.3) is 0 Å². The van der Waals surface area contributed by atoms with E-state index in [0.717, 1.165) is 13.2 Å². The molecule has 0 aliphatic rings. The minimum Gasteiger partial charge on any atom is -0.394 e. The lowest BCUT2D eigenvalue weighted by Crippen LogP contribution is -1.97. The summed E-state index contributed by atoms with van der Waals surface area (Å²) in [4.78, 5) is 0. The van der Waals surface area contributed by atoms with Gasteiger partial charge < -0.3 is 14.9 Å². The molecule has 0 unspecified atom stereocenters. The SMILES string of the molecule is C=C.C=C.C=C.C=C.C=C.C=C.C=C.C=C.CCCCCCCCCCCCCCCCOCCCCCCCCCCCCCCCC.OCCO. The molecule has 0 aromatic rings. The molecule has 0 aromatic carbocycles. The minimum absolute atomic E-state index is 0.125. The molecule has 3 heteroatoms. The maximum absolute atomic E-state index is 7.62. The van der Waals surface area contributed by atoms with Crippen LogP contribution in [0, 0.1) is 0 Å². The second-order valence-electron chi connectivity index (χ2n) is 11.3. The molecule has 0 fully saturated rings. The summed E-state index contributed by atoms with van der Waals surface area (Å²) in [7, 11) is 0. The Morgan fingerprint density at radius 2 is 0.377 bits per heavy atom. The lowest BCUT2D eigenvalue weighted by Gasteiger charge is -2.05. The normalized spacial score (nSPS) is 8.30. The molecule has 0 heterocycles. The number of rotatable bonds is 31. The van der Waals surface area contributed by atoms with Crippen LogP contribution in [0.3, 0.4) is 0 Å². The molecular formula is C50H104O3. The third-order valence-corrected chi connectivity index (χ3v) is 7.38. The van der Waals surface area contributed by atoms with Crippen molar-refractivity contribution < 1.29 is 14.9 Å². The number of aliphatic hydroxyl groups is 2. The van der Waals surface area contributed by atoms with Crippen LogP contribution in [0.4, 0.5) is 0 Å². The molecule has 2 N–H and O–H groups in total. The van der Waals surface area contributed by atoms with Gasteiger partial charge in [-0.2, -0.15) is 0 Å². The largest absolute Gasteiger partial charge is 0.394 e. The highest BCUT2D eigenvalue weighted by atomic mass is 16.5. The van der Waals surface area contributed by atoms with Crippen molar-refractivity contribution in [3.05, 3.63) is 105 Å². The number of unbranched alkanes of at least 4 members (excludes halogenated alkanes) is 26. The molecule has 53 heavy (non-hydrogen) atoms. The fourth-order valence-corrected chi connectivity index (χ4v) is 4.90. The van der Waals surface area contributed by atoms with E-state index in [4.69, 9.17) is 14.9 Å². The molecule has 0 aromatic heterocycles. The number of hydrogen-bond acceptors (Lipinski definition) is 3. The van der Waals surface area contributed by atoms with Gasteiger partial charge in [-0.3, -0.25) is 0 Å². The molecule has 0 saturated heterocycles. The van der Waals surface area contributed by atoms with Crippen molar-refractivity contribution in [3.8, 4) is 0 Å².